The van der Waals surface area contributed by atoms with Gasteiger partial charge in [0.1, 0.15) is 5.82 Å². The van der Waals surface area contributed by atoms with Crippen molar-refractivity contribution >= 4 is 77.5 Å². The van der Waals surface area contributed by atoms with Crippen molar-refractivity contribution in [2.45, 2.75) is 50.5 Å². The number of pyridine rings is 1. The molecule has 0 fully saturated rings. The maximum atomic E-state index is 4.67. The summed E-state index contributed by atoms with van der Waals surface area (Å²) in [4.78, 5) is 10.8. The molecule has 3 aliphatic carbocycles. The van der Waals surface area contributed by atoms with Crippen molar-refractivity contribution in [3.05, 3.63) is 264 Å². The van der Waals surface area contributed by atoms with Gasteiger partial charge in [-0.05, 0) is 196 Å². The molecule has 13 aromatic rings. The first-order chi connectivity index (χ1) is 39.0. The normalized spacial score (nSPS) is 18.1. The standard InChI is InChI=1S/C73H54N6/c1-44-45(2)56-40-64-62-38-49(47-26-30-68-60(36-47)54-21-10-12-23-66(54)77(68)51-17-7-4-8-18-51)28-32-70(62)79(73-24-14-34-75-73)72(64)42-58(56)57-41-71-63(39-55(44)57)61-37-48(27-31-69(61)78(71)52-19-13-33-74-43-52)46-25-29-67-59(35-46)53-20-9-11-22-65(53)76(67)50-15-5-3-6-16-50/h3-27,29-31,33-45,53,65,75H,28,32H2,1-2H3. The molecule has 5 aromatic heterocycles. The summed E-state index contributed by atoms with van der Waals surface area (Å²) in [6.07, 6.45) is 19.5. The van der Waals surface area contributed by atoms with Crippen molar-refractivity contribution in [2.24, 2.45) is 0 Å². The molecular formula is C73H54N6. The molecule has 4 atom stereocenters. The molecule has 0 amide bonds. The number of hydrogen-bond donors (Lipinski definition) is 1. The van der Waals surface area contributed by atoms with Gasteiger partial charge in [0.25, 0.3) is 0 Å². The van der Waals surface area contributed by atoms with E-state index in [-0.39, 0.29) is 17.9 Å². The number of rotatable bonds is 6. The Morgan fingerprint density at radius 1 is 0.468 bits per heavy atom. The first kappa shape index (κ1) is 44.5. The molecule has 6 nitrogen and oxygen atoms in total. The molecule has 6 heteroatoms. The Morgan fingerprint density at radius 2 is 1.10 bits per heavy atom. The fraction of sp³-hybridized carbons (Fsp3) is 0.110. The molecular weight excluding hydrogens is 961 g/mol. The van der Waals surface area contributed by atoms with Crippen LogP contribution in [-0.2, 0) is 6.42 Å². The van der Waals surface area contributed by atoms with Crippen molar-refractivity contribution in [3.63, 3.8) is 0 Å². The minimum atomic E-state index is 0.246. The fourth-order valence-electron chi connectivity index (χ4n) is 14.5. The third kappa shape index (κ3) is 6.49. The summed E-state index contributed by atoms with van der Waals surface area (Å²) in [7, 11) is 0. The van der Waals surface area contributed by atoms with Gasteiger partial charge in [0, 0.05) is 73.6 Å². The lowest BCUT2D eigenvalue weighted by Crippen LogP contribution is -2.28. The first-order valence-electron chi connectivity index (χ1n) is 28.0. The van der Waals surface area contributed by atoms with Crippen LogP contribution in [0.15, 0.2) is 231 Å². The number of aromatic amines is 1. The van der Waals surface area contributed by atoms with E-state index < -0.39 is 0 Å². The maximum Gasteiger partial charge on any atom is 0.114 e. The van der Waals surface area contributed by atoms with Crippen LogP contribution in [0.5, 0.6) is 0 Å². The van der Waals surface area contributed by atoms with Crippen molar-refractivity contribution in [3.8, 4) is 39.4 Å². The van der Waals surface area contributed by atoms with Crippen LogP contribution in [0.1, 0.15) is 71.5 Å². The SMILES string of the molecule is CC1c2cc3c4c(n(-c5ccc[nH]5)c3cc2-c2cc3c(cc2C1C)c1cc(-c2ccc5c(c2)C2C=CC=CC2N5c2ccccc2)ccc1n3-c1cccnc1)CCC(c1ccc2c(c1)c1ccccc1n2-c1ccccc1)=C4. The van der Waals surface area contributed by atoms with Gasteiger partial charge in [0.05, 0.1) is 45.5 Å². The number of hydrogen-bond acceptors (Lipinski definition) is 2. The van der Waals surface area contributed by atoms with Crippen LogP contribution in [0.4, 0.5) is 11.4 Å². The number of aromatic nitrogens is 5. The van der Waals surface area contributed by atoms with Gasteiger partial charge < -0.3 is 19.0 Å². The van der Waals surface area contributed by atoms with Crippen LogP contribution in [0.25, 0.3) is 106 Å². The topological polar surface area (TPSA) is 46.7 Å². The highest BCUT2D eigenvalue weighted by atomic mass is 15.2. The van der Waals surface area contributed by atoms with E-state index in [4.69, 9.17) is 0 Å². The van der Waals surface area contributed by atoms with Gasteiger partial charge >= 0.3 is 0 Å². The number of benzene rings is 8. The maximum absolute atomic E-state index is 4.67. The first-order valence-corrected chi connectivity index (χ1v) is 28.0. The molecule has 0 bridgehead atoms. The number of nitrogens with one attached hydrogen (secondary N) is 1. The molecule has 8 aromatic carbocycles. The van der Waals surface area contributed by atoms with E-state index in [0.29, 0.717) is 5.92 Å². The van der Waals surface area contributed by atoms with Gasteiger partial charge in [-0.3, -0.25) is 9.55 Å². The molecule has 4 unspecified atom stereocenters. The minimum absolute atomic E-state index is 0.246. The van der Waals surface area contributed by atoms with Gasteiger partial charge in [-0.1, -0.05) is 111 Å². The number of nitrogens with zero attached hydrogens (tertiary/aromatic N) is 5. The average Bonchev–Trinajstić information content (AvgIpc) is 4.39. The molecule has 376 valence electrons. The van der Waals surface area contributed by atoms with Gasteiger partial charge in [0.15, 0.2) is 0 Å². The zero-order valence-corrected chi connectivity index (χ0v) is 44.0. The predicted octanol–water partition coefficient (Wildman–Crippen LogP) is 18.3. The van der Waals surface area contributed by atoms with Gasteiger partial charge in [-0.25, -0.2) is 0 Å². The highest BCUT2D eigenvalue weighted by Crippen LogP contribution is 2.53. The molecule has 4 aliphatic rings. The molecule has 0 radical (unpaired) electrons. The van der Waals surface area contributed by atoms with Crippen LogP contribution >= 0.6 is 0 Å². The van der Waals surface area contributed by atoms with Crippen molar-refractivity contribution < 1.29 is 0 Å². The van der Waals surface area contributed by atoms with Crippen LogP contribution in [0.2, 0.25) is 0 Å². The van der Waals surface area contributed by atoms with Gasteiger partial charge in [-0.2, -0.15) is 0 Å². The van der Waals surface area contributed by atoms with E-state index in [0.717, 1.165) is 24.3 Å². The van der Waals surface area contributed by atoms with E-state index in [1.54, 1.807) is 0 Å². The number of fused-ring (bicyclic) bond motifs is 15. The lowest BCUT2D eigenvalue weighted by Gasteiger charge is -2.32. The molecule has 79 heavy (non-hydrogen) atoms. The van der Waals surface area contributed by atoms with Crippen molar-refractivity contribution in [1.82, 2.24) is 23.7 Å². The van der Waals surface area contributed by atoms with Crippen molar-refractivity contribution in [1.29, 1.82) is 0 Å². The lowest BCUT2D eigenvalue weighted by atomic mass is 9.72. The van der Waals surface area contributed by atoms with Crippen LogP contribution < -0.4 is 4.90 Å². The van der Waals surface area contributed by atoms with E-state index in [9.17, 15) is 0 Å². The van der Waals surface area contributed by atoms with Gasteiger partial charge in [-0.15, -0.1) is 0 Å². The summed E-state index contributed by atoms with van der Waals surface area (Å²) in [6, 6.07) is 70.8. The Bertz CT molecular complexity index is 4760. The second kappa shape index (κ2) is 16.9. The Morgan fingerprint density at radius 3 is 1.87 bits per heavy atom. The summed E-state index contributed by atoms with van der Waals surface area (Å²) in [5, 5.41) is 6.40. The van der Waals surface area contributed by atoms with Crippen LogP contribution in [-0.4, -0.2) is 29.7 Å². The minimum Gasteiger partial charge on any atom is -0.348 e. The Balaban J connectivity index is 0.824. The number of H-pyrrole nitrogens is 1. The number of anilines is 2. The zero-order valence-electron chi connectivity index (χ0n) is 44.0. The van der Waals surface area contributed by atoms with E-state index in [2.05, 4.69) is 267 Å². The molecule has 6 heterocycles. The highest BCUT2D eigenvalue weighted by molar-refractivity contribution is 6.14. The highest BCUT2D eigenvalue weighted by Gasteiger charge is 2.38. The van der Waals surface area contributed by atoms with Gasteiger partial charge in [0.2, 0.25) is 0 Å². The third-order valence-corrected chi connectivity index (χ3v) is 18.4. The quantitative estimate of drug-likeness (QED) is 0.180. The van der Waals surface area contributed by atoms with E-state index >= 15 is 0 Å². The van der Waals surface area contributed by atoms with E-state index in [1.165, 1.54) is 133 Å². The molecule has 0 saturated heterocycles. The summed E-state index contributed by atoms with van der Waals surface area (Å²) in [6.45, 7) is 4.90. The largest absolute Gasteiger partial charge is 0.348 e. The summed E-state index contributed by atoms with van der Waals surface area (Å²) in [5.41, 5.74) is 25.4. The van der Waals surface area contributed by atoms with Crippen LogP contribution in [0.3, 0.4) is 0 Å². The molecule has 1 aliphatic heterocycles. The Hall–Kier alpha value is -9.65. The second-order valence-electron chi connectivity index (χ2n) is 22.4. The Labute approximate surface area is 458 Å². The monoisotopic (exact) mass is 1010 g/mol. The molecule has 0 saturated carbocycles. The summed E-state index contributed by atoms with van der Waals surface area (Å²) < 4.78 is 7.37. The molecule has 17 rings (SSSR count). The smallest absolute Gasteiger partial charge is 0.114 e. The predicted molar refractivity (Wildman–Crippen MR) is 328 cm³/mol. The molecule has 0 spiro atoms. The fourth-order valence-corrected chi connectivity index (χ4v) is 14.5. The summed E-state index contributed by atoms with van der Waals surface area (Å²) in [5.74, 6) is 1.96. The van der Waals surface area contributed by atoms with E-state index in [1.807, 2.05) is 12.4 Å². The average molecular weight is 1020 g/mol. The van der Waals surface area contributed by atoms with Crippen molar-refractivity contribution in [2.75, 3.05) is 4.90 Å². The number of para-hydroxylation sites is 3. The summed E-state index contributed by atoms with van der Waals surface area (Å²) >= 11 is 0. The molecule has 1 N–H and O–H groups in total. The third-order valence-electron chi connectivity index (χ3n) is 18.4. The number of allylic oxidation sites excluding steroid dienone is 3. The Kier molecular flexibility index (Phi) is 9.53. The second-order valence-corrected chi connectivity index (χ2v) is 22.4. The lowest BCUT2D eigenvalue weighted by molar-refractivity contribution is 0.617. The zero-order chi connectivity index (χ0) is 52.0. The van der Waals surface area contributed by atoms with Crippen LogP contribution in [0, 0.1) is 0 Å².